The highest BCUT2D eigenvalue weighted by Crippen LogP contribution is 2.37. The van der Waals surface area contributed by atoms with Gasteiger partial charge in [-0.25, -0.2) is 4.79 Å². The first-order chi connectivity index (χ1) is 20.6. The number of benzene rings is 3. The Balaban J connectivity index is 1.81. The number of aromatic carboxylic acids is 1. The number of hydrogen-bond acceptors (Lipinski definition) is 13. The summed E-state index contributed by atoms with van der Waals surface area (Å²) in [6.07, 6.45) is 0. The quantitative estimate of drug-likeness (QED) is 0.0357. The Hall–Kier alpha value is -4.79. The van der Waals surface area contributed by atoms with Crippen LogP contribution < -0.4 is 10.7 Å². The second kappa shape index (κ2) is 12.8. The molecule has 17 nitrogen and oxygen atoms in total. The fraction of sp³-hybridized carbons (Fsp3) is 0. The van der Waals surface area contributed by atoms with Crippen LogP contribution in [0.2, 0.25) is 10.6 Å². The Morgan fingerprint density at radius 1 is 0.818 bits per heavy atom. The molecule has 0 atom stereocenters. The van der Waals surface area contributed by atoms with Gasteiger partial charge in [0.1, 0.15) is 11.4 Å². The topological polar surface area (TPSA) is 266 Å². The lowest BCUT2D eigenvalue weighted by atomic mass is 10.2. The SMILES string of the molecule is O=C(O)c1ccc(S(=O)(=O)O)cc1/N=N/C(=N/Nc1cc(S(=O)(=O)O)cc(Nc2nc(Cl)nc(Cl)n2)c1O)c1ccccc1. The van der Waals surface area contributed by atoms with Crippen LogP contribution in [-0.4, -0.2) is 62.9 Å². The Morgan fingerprint density at radius 3 is 2.02 bits per heavy atom. The number of azo groups is 1. The minimum atomic E-state index is -4.85. The van der Waals surface area contributed by atoms with Crippen molar-refractivity contribution < 1.29 is 40.9 Å². The van der Waals surface area contributed by atoms with Crippen LogP contribution in [0.5, 0.6) is 5.75 Å². The van der Waals surface area contributed by atoms with Crippen LogP contribution in [0.15, 0.2) is 85.8 Å². The number of phenolic OH excluding ortho intramolecular Hbond substituents is 1. The number of anilines is 3. The lowest BCUT2D eigenvalue weighted by Gasteiger charge is -2.13. The first-order valence-electron chi connectivity index (χ1n) is 11.5. The summed E-state index contributed by atoms with van der Waals surface area (Å²) < 4.78 is 66.1. The number of aromatic hydroxyl groups is 1. The van der Waals surface area contributed by atoms with Gasteiger partial charge in [-0.2, -0.15) is 36.9 Å². The fourth-order valence-corrected chi connectivity index (χ4v) is 4.72. The Kier molecular flexibility index (Phi) is 9.37. The molecule has 44 heavy (non-hydrogen) atoms. The van der Waals surface area contributed by atoms with Gasteiger partial charge < -0.3 is 15.5 Å². The molecule has 228 valence electrons. The number of aromatic nitrogens is 3. The molecule has 6 N–H and O–H groups in total. The van der Waals surface area contributed by atoms with Gasteiger partial charge in [-0.1, -0.05) is 30.3 Å². The van der Waals surface area contributed by atoms with Crippen molar-refractivity contribution in [3.8, 4) is 5.75 Å². The van der Waals surface area contributed by atoms with Crippen LogP contribution in [0, 0.1) is 0 Å². The molecule has 0 aliphatic rings. The van der Waals surface area contributed by atoms with E-state index in [9.17, 15) is 40.9 Å². The molecule has 0 fully saturated rings. The smallest absolute Gasteiger partial charge is 0.337 e. The van der Waals surface area contributed by atoms with E-state index < -0.39 is 58.7 Å². The van der Waals surface area contributed by atoms with E-state index >= 15 is 0 Å². The van der Waals surface area contributed by atoms with Crippen LogP contribution in [0.3, 0.4) is 0 Å². The lowest BCUT2D eigenvalue weighted by Crippen LogP contribution is -2.06. The lowest BCUT2D eigenvalue weighted by molar-refractivity contribution is 0.0697. The van der Waals surface area contributed by atoms with Gasteiger partial charge >= 0.3 is 5.97 Å². The zero-order valence-corrected chi connectivity index (χ0v) is 24.5. The first kappa shape index (κ1) is 32.1. The second-order valence-electron chi connectivity index (χ2n) is 8.24. The molecular weight excluding hydrogens is 667 g/mol. The Bertz CT molecular complexity index is 2030. The summed E-state index contributed by atoms with van der Waals surface area (Å²) in [6, 6.07) is 12.1. The van der Waals surface area contributed by atoms with Crippen molar-refractivity contribution in [3.63, 3.8) is 0 Å². The highest BCUT2D eigenvalue weighted by Gasteiger charge is 2.20. The predicted octanol–water partition coefficient (Wildman–Crippen LogP) is 4.38. The molecule has 4 aromatic rings. The van der Waals surface area contributed by atoms with Crippen molar-refractivity contribution >= 4 is 78.3 Å². The summed E-state index contributed by atoms with van der Waals surface area (Å²) in [5, 5.41) is 33.9. The third-order valence-electron chi connectivity index (χ3n) is 5.27. The average molecular weight is 683 g/mol. The molecule has 1 aromatic heterocycles. The molecule has 0 bridgehead atoms. The van der Waals surface area contributed by atoms with Crippen molar-refractivity contribution in [1.82, 2.24) is 15.0 Å². The van der Waals surface area contributed by atoms with Crippen LogP contribution in [0.25, 0.3) is 0 Å². The molecule has 0 unspecified atom stereocenters. The second-order valence-corrected chi connectivity index (χ2v) is 11.8. The summed E-state index contributed by atoms with van der Waals surface area (Å²) in [5.41, 5.74) is 0.974. The molecule has 0 spiro atoms. The molecule has 21 heteroatoms. The van der Waals surface area contributed by atoms with Gasteiger partial charge in [0.05, 0.1) is 21.0 Å². The van der Waals surface area contributed by atoms with E-state index in [-0.39, 0.29) is 33.6 Å². The Labute approximate surface area is 257 Å². The van der Waals surface area contributed by atoms with Gasteiger partial charge in [-0.05, 0) is 53.5 Å². The highest BCUT2D eigenvalue weighted by atomic mass is 35.5. The minimum absolute atomic E-state index is 0.268. The van der Waals surface area contributed by atoms with Crippen molar-refractivity contribution in [3.05, 3.63) is 82.4 Å². The van der Waals surface area contributed by atoms with E-state index in [1.807, 2.05) is 0 Å². The van der Waals surface area contributed by atoms with Crippen LogP contribution in [0.4, 0.5) is 23.0 Å². The summed E-state index contributed by atoms with van der Waals surface area (Å²) >= 11 is 11.5. The number of phenols is 1. The van der Waals surface area contributed by atoms with Crippen molar-refractivity contribution in [2.24, 2.45) is 15.3 Å². The zero-order valence-electron chi connectivity index (χ0n) is 21.4. The van der Waals surface area contributed by atoms with E-state index in [0.717, 1.165) is 30.3 Å². The number of carboxylic acids is 1. The molecule has 0 aliphatic carbocycles. The van der Waals surface area contributed by atoms with Gasteiger partial charge in [0, 0.05) is 5.56 Å². The van der Waals surface area contributed by atoms with E-state index in [1.165, 1.54) is 12.1 Å². The third-order valence-corrected chi connectivity index (χ3v) is 7.29. The van der Waals surface area contributed by atoms with Gasteiger partial charge in [0.15, 0.2) is 5.75 Å². The number of rotatable bonds is 9. The van der Waals surface area contributed by atoms with Gasteiger partial charge in [0.2, 0.25) is 22.4 Å². The zero-order chi connectivity index (χ0) is 32.2. The maximum absolute atomic E-state index is 12.0. The number of hydrogen-bond donors (Lipinski definition) is 6. The summed E-state index contributed by atoms with van der Waals surface area (Å²) in [6.45, 7) is 0. The van der Waals surface area contributed by atoms with Gasteiger partial charge in [-0.3, -0.25) is 14.5 Å². The molecule has 0 aliphatic heterocycles. The van der Waals surface area contributed by atoms with Crippen molar-refractivity contribution in [1.29, 1.82) is 0 Å². The van der Waals surface area contributed by atoms with E-state index in [0.29, 0.717) is 0 Å². The van der Waals surface area contributed by atoms with Crippen LogP contribution in [0.1, 0.15) is 15.9 Å². The maximum atomic E-state index is 12.0. The van der Waals surface area contributed by atoms with Gasteiger partial charge in [0.25, 0.3) is 20.2 Å². The summed E-state index contributed by atoms with van der Waals surface area (Å²) in [7, 11) is -9.58. The van der Waals surface area contributed by atoms with Crippen molar-refractivity contribution in [2.45, 2.75) is 9.79 Å². The molecule has 0 saturated heterocycles. The number of nitrogens with zero attached hydrogens (tertiary/aromatic N) is 6. The predicted molar refractivity (Wildman–Crippen MR) is 155 cm³/mol. The number of nitrogens with one attached hydrogen (secondary N) is 2. The highest BCUT2D eigenvalue weighted by molar-refractivity contribution is 7.86. The first-order valence-corrected chi connectivity index (χ1v) is 15.1. The van der Waals surface area contributed by atoms with Crippen LogP contribution in [-0.2, 0) is 20.2 Å². The molecule has 1 heterocycles. The number of carboxylic acid groups (broad SMARTS) is 1. The number of halogens is 2. The molecule has 0 saturated carbocycles. The summed E-state index contributed by atoms with van der Waals surface area (Å²) in [5.74, 6) is -2.72. The Morgan fingerprint density at radius 2 is 1.43 bits per heavy atom. The summed E-state index contributed by atoms with van der Waals surface area (Å²) in [4.78, 5) is 21.4. The minimum Gasteiger partial charge on any atom is -0.504 e. The molecule has 0 amide bonds. The van der Waals surface area contributed by atoms with E-state index in [2.05, 4.69) is 41.0 Å². The van der Waals surface area contributed by atoms with Crippen LogP contribution >= 0.6 is 23.2 Å². The molecular formula is C23H16Cl2N8O9S2. The number of amidine groups is 1. The molecule has 0 radical (unpaired) electrons. The maximum Gasteiger partial charge on any atom is 0.337 e. The fourth-order valence-electron chi connectivity index (χ4n) is 3.32. The molecule has 3 aromatic carbocycles. The monoisotopic (exact) mass is 682 g/mol. The van der Waals surface area contributed by atoms with E-state index in [1.54, 1.807) is 18.2 Å². The largest absolute Gasteiger partial charge is 0.504 e. The number of carbonyl (C=O) groups is 1. The normalized spacial score (nSPS) is 12.3. The van der Waals surface area contributed by atoms with Gasteiger partial charge in [-0.15, -0.1) is 10.2 Å². The standard InChI is InChI=1S/C23H16Cl2N8O9S2/c24-21-27-22(25)29-23(28-21)26-16-9-13(44(40,41)42)10-17(18(16)34)31-33-19(11-4-2-1-3-5-11)32-30-15-8-12(43(37,38)39)6-7-14(15)20(35)36/h1-10,31,34H,(H,35,36)(H,37,38,39)(H,40,41,42)(H,26,27,28,29)/b32-30+,33-19+. The average Bonchev–Trinajstić information content (AvgIpc) is 2.93. The van der Waals surface area contributed by atoms with E-state index in [4.69, 9.17) is 23.2 Å². The number of hydrazone groups is 1. The molecule has 4 rings (SSSR count). The van der Waals surface area contributed by atoms with Crippen molar-refractivity contribution in [2.75, 3.05) is 10.7 Å². The third kappa shape index (κ3) is 7.98.